The van der Waals surface area contributed by atoms with Crippen LogP contribution in [0.1, 0.15) is 32.0 Å². The van der Waals surface area contributed by atoms with Gasteiger partial charge in [-0.25, -0.2) is 4.98 Å². The van der Waals surface area contributed by atoms with Gasteiger partial charge in [-0.05, 0) is 32.7 Å². The summed E-state index contributed by atoms with van der Waals surface area (Å²) in [6.45, 7) is 3.48. The Hall–Kier alpha value is -1.14. The summed E-state index contributed by atoms with van der Waals surface area (Å²) >= 11 is 0. The molecule has 0 saturated carbocycles. The van der Waals surface area contributed by atoms with E-state index < -0.39 is 5.54 Å². The van der Waals surface area contributed by atoms with Crippen LogP contribution in [0.4, 0.5) is 0 Å². The average molecular weight is 288 g/mol. The van der Waals surface area contributed by atoms with Crippen LogP contribution in [-0.4, -0.2) is 39.3 Å². The second-order valence-electron chi connectivity index (χ2n) is 5.06. The van der Waals surface area contributed by atoms with Crippen LogP contribution in [0.5, 0.6) is 0 Å². The van der Waals surface area contributed by atoms with E-state index in [0.717, 1.165) is 31.6 Å². The van der Waals surface area contributed by atoms with Gasteiger partial charge in [-0.1, -0.05) is 0 Å². The van der Waals surface area contributed by atoms with E-state index in [1.807, 2.05) is 14.0 Å². The van der Waals surface area contributed by atoms with E-state index in [0.29, 0.717) is 13.0 Å². The maximum atomic E-state index is 12.1. The number of amides is 1. The molecule has 2 rings (SSSR count). The molecule has 6 nitrogen and oxygen atoms in total. The van der Waals surface area contributed by atoms with Crippen LogP contribution in [0.3, 0.4) is 0 Å². The van der Waals surface area contributed by atoms with E-state index in [1.165, 1.54) is 0 Å². The monoisotopic (exact) mass is 287 g/mol. The Labute approximate surface area is 119 Å². The summed E-state index contributed by atoms with van der Waals surface area (Å²) in [6, 6.07) is 0. The molecule has 1 atom stereocenters. The molecule has 108 valence electrons. The lowest BCUT2D eigenvalue weighted by Crippen LogP contribution is -2.57. The van der Waals surface area contributed by atoms with Crippen LogP contribution in [0.15, 0.2) is 6.33 Å². The van der Waals surface area contributed by atoms with Gasteiger partial charge in [-0.15, -0.1) is 12.4 Å². The maximum absolute atomic E-state index is 12.1. The molecule has 7 heteroatoms. The van der Waals surface area contributed by atoms with Crippen molar-refractivity contribution in [3.8, 4) is 0 Å². The second kappa shape index (κ2) is 6.86. The highest BCUT2D eigenvalue weighted by atomic mass is 35.5. The molecule has 2 heterocycles. The van der Waals surface area contributed by atoms with Crippen LogP contribution in [-0.2, 0) is 18.3 Å². The van der Waals surface area contributed by atoms with E-state index in [4.69, 9.17) is 0 Å². The standard InChI is InChI=1S/C12H21N5O.ClH/c1-12(6-3-4-7-15-12)11(18)13-8-5-10-14-9-17(2)16-10;/h9,15H,3-8H2,1-2H3,(H,13,18);1H. The van der Waals surface area contributed by atoms with Gasteiger partial charge in [0.1, 0.15) is 6.33 Å². The summed E-state index contributed by atoms with van der Waals surface area (Å²) in [4.78, 5) is 16.2. The lowest BCUT2D eigenvalue weighted by Gasteiger charge is -2.33. The molecule has 1 fully saturated rings. The summed E-state index contributed by atoms with van der Waals surface area (Å²) in [7, 11) is 1.84. The zero-order chi connectivity index (χ0) is 13.0. The molecule has 1 unspecified atom stereocenters. The van der Waals surface area contributed by atoms with Crippen LogP contribution in [0, 0.1) is 0 Å². The number of carbonyl (C=O) groups excluding carboxylic acids is 1. The number of hydrogen-bond acceptors (Lipinski definition) is 4. The Bertz CT molecular complexity index is 414. The summed E-state index contributed by atoms with van der Waals surface area (Å²) in [5, 5.41) is 10.4. The summed E-state index contributed by atoms with van der Waals surface area (Å²) in [6.07, 6.45) is 5.50. The van der Waals surface area contributed by atoms with Crippen molar-refractivity contribution >= 4 is 18.3 Å². The van der Waals surface area contributed by atoms with Gasteiger partial charge in [0, 0.05) is 20.0 Å². The van der Waals surface area contributed by atoms with E-state index in [9.17, 15) is 4.79 Å². The van der Waals surface area contributed by atoms with Crippen molar-refractivity contribution in [2.75, 3.05) is 13.1 Å². The average Bonchev–Trinajstić information content (AvgIpc) is 2.76. The van der Waals surface area contributed by atoms with Crippen LogP contribution in [0.25, 0.3) is 0 Å². The fourth-order valence-electron chi connectivity index (χ4n) is 2.23. The Balaban J connectivity index is 0.00000180. The molecular weight excluding hydrogens is 266 g/mol. The summed E-state index contributed by atoms with van der Waals surface area (Å²) in [5.74, 6) is 0.845. The van der Waals surface area contributed by atoms with Gasteiger partial charge in [0.15, 0.2) is 5.82 Å². The van der Waals surface area contributed by atoms with Crippen LogP contribution in [0.2, 0.25) is 0 Å². The van der Waals surface area contributed by atoms with E-state index in [-0.39, 0.29) is 18.3 Å². The number of nitrogens with one attached hydrogen (secondary N) is 2. The quantitative estimate of drug-likeness (QED) is 0.842. The number of halogens is 1. The third-order valence-corrected chi connectivity index (χ3v) is 3.40. The van der Waals surface area contributed by atoms with Crippen molar-refractivity contribution in [3.63, 3.8) is 0 Å². The van der Waals surface area contributed by atoms with Gasteiger partial charge in [0.2, 0.25) is 5.91 Å². The molecule has 0 radical (unpaired) electrons. The first-order valence-electron chi connectivity index (χ1n) is 6.48. The molecule has 1 aliphatic rings. The van der Waals surface area contributed by atoms with Crippen molar-refractivity contribution in [1.82, 2.24) is 25.4 Å². The Kier molecular flexibility index (Phi) is 5.75. The highest BCUT2D eigenvalue weighted by Gasteiger charge is 2.33. The molecule has 0 bridgehead atoms. The molecule has 1 aromatic heterocycles. The van der Waals surface area contributed by atoms with Crippen molar-refractivity contribution in [2.45, 2.75) is 38.1 Å². The fraction of sp³-hybridized carbons (Fsp3) is 0.750. The highest BCUT2D eigenvalue weighted by Crippen LogP contribution is 2.18. The molecule has 19 heavy (non-hydrogen) atoms. The lowest BCUT2D eigenvalue weighted by molar-refractivity contribution is -0.127. The third-order valence-electron chi connectivity index (χ3n) is 3.40. The van der Waals surface area contributed by atoms with Crippen molar-refractivity contribution in [2.24, 2.45) is 7.05 Å². The number of carbonyl (C=O) groups is 1. The van der Waals surface area contributed by atoms with Gasteiger partial charge in [-0.3, -0.25) is 9.48 Å². The number of aromatic nitrogens is 3. The Morgan fingerprint density at radius 2 is 2.37 bits per heavy atom. The van der Waals surface area contributed by atoms with Crippen molar-refractivity contribution in [1.29, 1.82) is 0 Å². The van der Waals surface area contributed by atoms with E-state index >= 15 is 0 Å². The molecule has 0 spiro atoms. The maximum Gasteiger partial charge on any atom is 0.240 e. The number of aryl methyl sites for hydroxylation is 1. The zero-order valence-electron chi connectivity index (χ0n) is 11.5. The van der Waals surface area contributed by atoms with Gasteiger partial charge < -0.3 is 10.6 Å². The number of rotatable bonds is 4. The normalized spacial score (nSPS) is 22.6. The summed E-state index contributed by atoms with van der Waals surface area (Å²) in [5.41, 5.74) is -0.407. The minimum atomic E-state index is -0.407. The molecular formula is C12H22ClN5O. The van der Waals surface area contributed by atoms with Crippen molar-refractivity contribution in [3.05, 3.63) is 12.2 Å². The fourth-order valence-corrected chi connectivity index (χ4v) is 2.23. The molecule has 1 aromatic rings. The SMILES string of the molecule is Cl.Cn1cnc(CCNC(=O)C2(C)CCCCN2)n1. The Morgan fingerprint density at radius 3 is 2.95 bits per heavy atom. The van der Waals surface area contributed by atoms with Gasteiger partial charge >= 0.3 is 0 Å². The number of hydrogen-bond donors (Lipinski definition) is 2. The van der Waals surface area contributed by atoms with Gasteiger partial charge in [0.05, 0.1) is 5.54 Å². The first kappa shape index (κ1) is 15.9. The molecule has 1 amide bonds. The topological polar surface area (TPSA) is 71.8 Å². The highest BCUT2D eigenvalue weighted by molar-refractivity contribution is 5.86. The smallest absolute Gasteiger partial charge is 0.240 e. The van der Waals surface area contributed by atoms with Gasteiger partial charge in [0.25, 0.3) is 0 Å². The molecule has 2 N–H and O–H groups in total. The van der Waals surface area contributed by atoms with Crippen LogP contribution >= 0.6 is 12.4 Å². The van der Waals surface area contributed by atoms with E-state index in [1.54, 1.807) is 11.0 Å². The minimum absolute atomic E-state index is 0. The van der Waals surface area contributed by atoms with Gasteiger partial charge in [-0.2, -0.15) is 5.10 Å². The third kappa shape index (κ3) is 4.18. The minimum Gasteiger partial charge on any atom is -0.354 e. The zero-order valence-corrected chi connectivity index (χ0v) is 12.3. The van der Waals surface area contributed by atoms with E-state index in [2.05, 4.69) is 20.7 Å². The number of nitrogens with zero attached hydrogens (tertiary/aromatic N) is 3. The first-order valence-corrected chi connectivity index (χ1v) is 6.48. The molecule has 0 aliphatic carbocycles. The molecule has 1 saturated heterocycles. The largest absolute Gasteiger partial charge is 0.354 e. The molecule has 1 aliphatic heterocycles. The molecule has 0 aromatic carbocycles. The Morgan fingerprint density at radius 1 is 1.58 bits per heavy atom. The second-order valence-corrected chi connectivity index (χ2v) is 5.06. The first-order chi connectivity index (χ1) is 8.60. The predicted molar refractivity (Wildman–Crippen MR) is 75.2 cm³/mol. The summed E-state index contributed by atoms with van der Waals surface area (Å²) < 4.78 is 1.67. The lowest BCUT2D eigenvalue weighted by atomic mass is 9.90. The van der Waals surface area contributed by atoms with Crippen LogP contribution < -0.4 is 10.6 Å². The number of piperidine rings is 1. The predicted octanol–water partition coefficient (Wildman–Crippen LogP) is 0.428. The van der Waals surface area contributed by atoms with Crippen molar-refractivity contribution < 1.29 is 4.79 Å².